The van der Waals surface area contributed by atoms with E-state index in [9.17, 15) is 9.59 Å². The quantitative estimate of drug-likeness (QED) is 0.549. The van der Waals surface area contributed by atoms with Crippen LogP contribution in [-0.2, 0) is 28.5 Å². The fourth-order valence-corrected chi connectivity index (χ4v) is 2.36. The van der Waals surface area contributed by atoms with E-state index in [-0.39, 0.29) is 0 Å². The van der Waals surface area contributed by atoms with Crippen molar-refractivity contribution in [1.29, 1.82) is 0 Å². The summed E-state index contributed by atoms with van der Waals surface area (Å²) in [5.74, 6) is -1.60. The summed E-state index contributed by atoms with van der Waals surface area (Å²) >= 11 is 0. The molecule has 0 spiro atoms. The molecule has 19 heavy (non-hydrogen) atoms. The summed E-state index contributed by atoms with van der Waals surface area (Å²) in [5, 5.41) is 0. The fraction of sp³-hybridized carbons (Fsp3) is 0.692. The van der Waals surface area contributed by atoms with Gasteiger partial charge in [0.05, 0.1) is 0 Å². The van der Waals surface area contributed by atoms with Crippen molar-refractivity contribution in [3.8, 4) is 0 Å². The minimum absolute atomic E-state index is 0.396. The topological polar surface area (TPSA) is 71.1 Å². The number of rotatable bonds is 2. The molecule has 1 aliphatic carbocycles. The van der Waals surface area contributed by atoms with E-state index in [1.165, 1.54) is 13.8 Å². The lowest BCUT2D eigenvalue weighted by Gasteiger charge is -2.31. The van der Waals surface area contributed by atoms with Crippen LogP contribution in [0.5, 0.6) is 0 Å². The second-order valence-corrected chi connectivity index (χ2v) is 5.10. The van der Waals surface area contributed by atoms with Crippen molar-refractivity contribution >= 4 is 11.9 Å². The van der Waals surface area contributed by atoms with Gasteiger partial charge in [-0.25, -0.2) is 0 Å². The summed E-state index contributed by atoms with van der Waals surface area (Å²) in [6.45, 7) is 6.20. The van der Waals surface area contributed by atoms with Crippen LogP contribution in [0.2, 0.25) is 0 Å². The Morgan fingerprint density at radius 2 is 1.32 bits per heavy atom. The number of fused-ring (bicyclic) bond motifs is 1. The molecule has 0 aromatic rings. The third-order valence-corrected chi connectivity index (χ3v) is 2.91. The van der Waals surface area contributed by atoms with Crippen molar-refractivity contribution in [2.75, 3.05) is 0 Å². The summed E-state index contributed by atoms with van der Waals surface area (Å²) in [7, 11) is 0. The average molecular weight is 270 g/mol. The molecule has 0 N–H and O–H groups in total. The SMILES string of the molecule is CC(=O)O[C@H]1C=C[C@H](OC(C)=O)[C@@H]2OC(C)(C)O[C@H]21. The van der Waals surface area contributed by atoms with Crippen molar-refractivity contribution in [2.45, 2.75) is 57.9 Å². The van der Waals surface area contributed by atoms with Gasteiger partial charge in [0.1, 0.15) is 24.4 Å². The molecular weight excluding hydrogens is 252 g/mol. The lowest BCUT2D eigenvalue weighted by molar-refractivity contribution is -0.167. The van der Waals surface area contributed by atoms with Gasteiger partial charge >= 0.3 is 11.9 Å². The first kappa shape index (κ1) is 14.0. The van der Waals surface area contributed by atoms with E-state index >= 15 is 0 Å². The van der Waals surface area contributed by atoms with Gasteiger partial charge in [-0.1, -0.05) is 0 Å². The monoisotopic (exact) mass is 270 g/mol. The zero-order valence-corrected chi connectivity index (χ0v) is 11.4. The molecular formula is C13H18O6. The Morgan fingerprint density at radius 3 is 1.63 bits per heavy atom. The van der Waals surface area contributed by atoms with Crippen LogP contribution in [0.25, 0.3) is 0 Å². The second kappa shape index (κ2) is 4.94. The molecule has 0 saturated carbocycles. The number of carbonyl (C=O) groups is 2. The van der Waals surface area contributed by atoms with Gasteiger partial charge in [-0.05, 0) is 26.0 Å². The van der Waals surface area contributed by atoms with E-state index in [1.54, 1.807) is 26.0 Å². The van der Waals surface area contributed by atoms with Crippen LogP contribution in [0.4, 0.5) is 0 Å². The fourth-order valence-electron chi connectivity index (χ4n) is 2.36. The maximum atomic E-state index is 11.1. The molecule has 0 radical (unpaired) electrons. The van der Waals surface area contributed by atoms with E-state index in [1.807, 2.05) is 0 Å². The van der Waals surface area contributed by atoms with Crippen LogP contribution < -0.4 is 0 Å². The lowest BCUT2D eigenvalue weighted by Crippen LogP contribution is -2.47. The maximum absolute atomic E-state index is 11.1. The number of hydrogen-bond donors (Lipinski definition) is 0. The Hall–Kier alpha value is -1.40. The number of ether oxygens (including phenoxy) is 4. The smallest absolute Gasteiger partial charge is 0.303 e. The first-order chi connectivity index (χ1) is 8.78. The van der Waals surface area contributed by atoms with Crippen LogP contribution in [0.3, 0.4) is 0 Å². The zero-order chi connectivity index (χ0) is 14.2. The second-order valence-electron chi connectivity index (χ2n) is 5.10. The molecule has 4 atom stereocenters. The van der Waals surface area contributed by atoms with Crippen LogP contribution in [0.1, 0.15) is 27.7 Å². The molecule has 0 aromatic carbocycles. The molecule has 106 valence electrons. The Morgan fingerprint density at radius 1 is 0.947 bits per heavy atom. The molecule has 2 aliphatic rings. The van der Waals surface area contributed by atoms with Gasteiger partial charge in [0, 0.05) is 13.8 Å². The van der Waals surface area contributed by atoms with Crippen LogP contribution in [-0.4, -0.2) is 42.1 Å². The van der Waals surface area contributed by atoms with Gasteiger partial charge in [-0.15, -0.1) is 0 Å². The normalized spacial score (nSPS) is 35.6. The zero-order valence-electron chi connectivity index (χ0n) is 11.4. The molecule has 0 aromatic heterocycles. The highest BCUT2D eigenvalue weighted by atomic mass is 16.8. The molecule has 0 unspecified atom stereocenters. The lowest BCUT2D eigenvalue weighted by atomic mass is 9.96. The molecule has 6 nitrogen and oxygen atoms in total. The highest BCUT2D eigenvalue weighted by Gasteiger charge is 2.51. The first-order valence-corrected chi connectivity index (χ1v) is 6.17. The van der Waals surface area contributed by atoms with Crippen LogP contribution >= 0.6 is 0 Å². The summed E-state index contributed by atoms with van der Waals surface area (Å²) in [6, 6.07) is 0. The predicted octanol–water partition coefficient (Wildman–Crippen LogP) is 0.940. The van der Waals surface area contributed by atoms with Crippen molar-refractivity contribution in [2.24, 2.45) is 0 Å². The molecule has 1 fully saturated rings. The minimum Gasteiger partial charge on any atom is -0.455 e. The van der Waals surface area contributed by atoms with Gasteiger partial charge in [0.15, 0.2) is 5.79 Å². The van der Waals surface area contributed by atoms with Gasteiger partial charge in [-0.3, -0.25) is 9.59 Å². The highest BCUT2D eigenvalue weighted by Crippen LogP contribution is 2.36. The van der Waals surface area contributed by atoms with Gasteiger partial charge in [-0.2, -0.15) is 0 Å². The Balaban J connectivity index is 2.20. The van der Waals surface area contributed by atoms with Crippen LogP contribution in [0.15, 0.2) is 12.2 Å². The number of carbonyl (C=O) groups excluding carboxylic acids is 2. The summed E-state index contributed by atoms with van der Waals surface area (Å²) in [4.78, 5) is 22.2. The summed E-state index contributed by atoms with van der Waals surface area (Å²) in [6.07, 6.45) is 1.32. The van der Waals surface area contributed by atoms with Crippen molar-refractivity contribution in [1.82, 2.24) is 0 Å². The molecule has 6 heteroatoms. The Bertz CT molecular complexity index is 377. The Labute approximate surface area is 111 Å². The minimum atomic E-state index is -0.807. The van der Waals surface area contributed by atoms with Crippen molar-refractivity contribution in [3.63, 3.8) is 0 Å². The van der Waals surface area contributed by atoms with E-state index in [2.05, 4.69) is 0 Å². The molecule has 1 aliphatic heterocycles. The third kappa shape index (κ3) is 3.13. The molecule has 0 amide bonds. The van der Waals surface area contributed by atoms with Crippen molar-refractivity contribution in [3.05, 3.63) is 12.2 Å². The maximum Gasteiger partial charge on any atom is 0.303 e. The Kier molecular flexibility index (Phi) is 3.64. The van der Waals surface area contributed by atoms with Crippen molar-refractivity contribution < 1.29 is 28.5 Å². The third-order valence-electron chi connectivity index (χ3n) is 2.91. The number of hydrogen-bond acceptors (Lipinski definition) is 6. The van der Waals surface area contributed by atoms with Gasteiger partial charge < -0.3 is 18.9 Å². The predicted molar refractivity (Wildman–Crippen MR) is 64.1 cm³/mol. The molecule has 1 saturated heterocycles. The van der Waals surface area contributed by atoms with Gasteiger partial charge in [0.25, 0.3) is 0 Å². The van der Waals surface area contributed by atoms with E-state index < -0.39 is 42.1 Å². The standard InChI is InChI=1S/C13H18O6/c1-7(14)16-9-5-6-10(17-8(2)15)12-11(9)18-13(3,4)19-12/h5-6,9-12H,1-4H3/t9-,10-,11-,12-/m0/s1. The van der Waals surface area contributed by atoms with E-state index in [4.69, 9.17) is 18.9 Å². The highest BCUT2D eigenvalue weighted by molar-refractivity contribution is 5.67. The molecule has 0 bridgehead atoms. The number of esters is 2. The first-order valence-electron chi connectivity index (χ1n) is 6.17. The largest absolute Gasteiger partial charge is 0.455 e. The molecule has 1 heterocycles. The van der Waals surface area contributed by atoms with Crippen LogP contribution in [0, 0.1) is 0 Å². The summed E-state index contributed by atoms with van der Waals surface area (Å²) < 4.78 is 21.8. The summed E-state index contributed by atoms with van der Waals surface area (Å²) in [5.41, 5.74) is 0. The van der Waals surface area contributed by atoms with E-state index in [0.29, 0.717) is 0 Å². The van der Waals surface area contributed by atoms with E-state index in [0.717, 1.165) is 0 Å². The van der Waals surface area contributed by atoms with Gasteiger partial charge in [0.2, 0.25) is 0 Å². The average Bonchev–Trinajstić information content (AvgIpc) is 2.57. The molecule has 2 rings (SSSR count).